The molecule has 0 saturated carbocycles. The number of nitrogens with zero attached hydrogens (tertiary/aromatic N) is 3. The molecule has 6 heteroatoms. The van der Waals surface area contributed by atoms with Crippen molar-refractivity contribution in [2.24, 2.45) is 5.41 Å². The van der Waals surface area contributed by atoms with Gasteiger partial charge in [0.2, 0.25) is 6.79 Å². The van der Waals surface area contributed by atoms with Crippen LogP contribution in [-0.2, 0) is 4.79 Å². The maximum absolute atomic E-state index is 12.9. The van der Waals surface area contributed by atoms with Crippen LogP contribution in [0.3, 0.4) is 0 Å². The average molecular weight is 383 g/mol. The number of Topliss-reactive ketones (excluding diaryl/α,β-unsaturated/α-hetero) is 1. The molecule has 29 heavy (non-hydrogen) atoms. The lowest BCUT2D eigenvalue weighted by atomic mass is 9.69. The zero-order chi connectivity index (χ0) is 20.2. The lowest BCUT2D eigenvalue weighted by molar-refractivity contribution is -0.118. The Hall–Kier alpha value is -3.77. The van der Waals surface area contributed by atoms with E-state index in [9.17, 15) is 15.3 Å². The molecule has 1 saturated heterocycles. The molecule has 0 aromatic heterocycles. The van der Waals surface area contributed by atoms with Crippen molar-refractivity contribution < 1.29 is 14.3 Å². The molecule has 0 radical (unpaired) electrons. The number of para-hydroxylation sites is 1. The first-order chi connectivity index (χ1) is 14.1. The normalized spacial score (nSPS) is 24.9. The number of nitriles is 2. The van der Waals surface area contributed by atoms with Crippen molar-refractivity contribution in [2.45, 2.75) is 24.9 Å². The molecule has 142 valence electrons. The van der Waals surface area contributed by atoms with E-state index >= 15 is 0 Å². The Labute approximate surface area is 168 Å². The summed E-state index contributed by atoms with van der Waals surface area (Å²) in [5.74, 6) is 0.462. The topological polar surface area (TPSA) is 86.3 Å². The van der Waals surface area contributed by atoms with Crippen LogP contribution < -0.4 is 14.4 Å². The van der Waals surface area contributed by atoms with E-state index in [2.05, 4.69) is 12.1 Å². The molecule has 1 fully saturated rings. The second kappa shape index (κ2) is 6.12. The number of hydrogen-bond acceptors (Lipinski definition) is 6. The number of hydrogen-bond donors (Lipinski definition) is 0. The quantitative estimate of drug-likeness (QED) is 0.790. The van der Waals surface area contributed by atoms with E-state index < -0.39 is 23.4 Å². The number of fused-ring (bicyclic) bond motifs is 4. The van der Waals surface area contributed by atoms with Gasteiger partial charge in [-0.1, -0.05) is 36.4 Å². The van der Waals surface area contributed by atoms with Crippen LogP contribution in [-0.4, -0.2) is 24.7 Å². The van der Waals surface area contributed by atoms with Gasteiger partial charge in [-0.3, -0.25) is 4.79 Å². The maximum atomic E-state index is 12.9. The van der Waals surface area contributed by atoms with Gasteiger partial charge in [0.15, 0.2) is 22.7 Å². The zero-order valence-corrected chi connectivity index (χ0v) is 15.7. The SMILES string of the molecule is CC(=O)[C@H]1[C@H](c2ccc3c(c2)OCO3)C(C#N)(C#N)[C@H]2C=Cc3ccccc3N12. The first-order valence-electron chi connectivity index (χ1n) is 9.39. The van der Waals surface area contributed by atoms with Crippen LogP contribution in [0, 0.1) is 28.1 Å². The fourth-order valence-corrected chi connectivity index (χ4v) is 4.87. The zero-order valence-electron chi connectivity index (χ0n) is 15.7. The monoisotopic (exact) mass is 383 g/mol. The minimum Gasteiger partial charge on any atom is -0.454 e. The van der Waals surface area contributed by atoms with Crippen LogP contribution in [0.25, 0.3) is 6.08 Å². The number of anilines is 1. The Balaban J connectivity index is 1.75. The average Bonchev–Trinajstić information content (AvgIpc) is 3.33. The molecule has 3 atom stereocenters. The minimum atomic E-state index is -1.42. The van der Waals surface area contributed by atoms with Crippen molar-refractivity contribution in [3.8, 4) is 23.6 Å². The summed E-state index contributed by atoms with van der Waals surface area (Å²) in [6.07, 6.45) is 3.80. The summed E-state index contributed by atoms with van der Waals surface area (Å²) in [4.78, 5) is 14.9. The lowest BCUT2D eigenvalue weighted by Gasteiger charge is -2.35. The van der Waals surface area contributed by atoms with Crippen molar-refractivity contribution in [3.05, 3.63) is 59.7 Å². The van der Waals surface area contributed by atoms with E-state index in [-0.39, 0.29) is 12.6 Å². The summed E-state index contributed by atoms with van der Waals surface area (Å²) in [7, 11) is 0. The molecular formula is C23H17N3O3. The third-order valence-corrected chi connectivity index (χ3v) is 6.09. The van der Waals surface area contributed by atoms with Crippen molar-refractivity contribution in [2.75, 3.05) is 11.7 Å². The predicted octanol–water partition coefficient (Wildman–Crippen LogP) is 3.41. The molecule has 0 N–H and O–H groups in total. The molecular weight excluding hydrogens is 366 g/mol. The molecule has 2 aromatic carbocycles. The Morgan fingerprint density at radius 1 is 1.14 bits per heavy atom. The highest BCUT2D eigenvalue weighted by molar-refractivity contribution is 5.91. The first kappa shape index (κ1) is 17.3. The molecule has 6 nitrogen and oxygen atoms in total. The Bertz CT molecular complexity index is 1130. The molecule has 3 heterocycles. The summed E-state index contributed by atoms with van der Waals surface area (Å²) in [6.45, 7) is 1.65. The van der Waals surface area contributed by atoms with Gasteiger partial charge in [-0.15, -0.1) is 0 Å². The van der Waals surface area contributed by atoms with Gasteiger partial charge in [-0.25, -0.2) is 0 Å². The van der Waals surface area contributed by atoms with Crippen molar-refractivity contribution in [1.82, 2.24) is 0 Å². The first-order valence-corrected chi connectivity index (χ1v) is 9.39. The summed E-state index contributed by atoms with van der Waals surface area (Å²) in [6, 6.07) is 16.5. The van der Waals surface area contributed by atoms with E-state index in [1.165, 1.54) is 6.92 Å². The van der Waals surface area contributed by atoms with Crippen LogP contribution in [0.15, 0.2) is 48.5 Å². The molecule has 3 aliphatic heterocycles. The Kier molecular flexibility index (Phi) is 3.66. The molecule has 0 unspecified atom stereocenters. The fourth-order valence-electron chi connectivity index (χ4n) is 4.87. The predicted molar refractivity (Wildman–Crippen MR) is 105 cm³/mol. The third-order valence-electron chi connectivity index (χ3n) is 6.09. The molecule has 0 aliphatic carbocycles. The van der Waals surface area contributed by atoms with Crippen LogP contribution in [0.4, 0.5) is 5.69 Å². The molecule has 0 bridgehead atoms. The van der Waals surface area contributed by atoms with E-state index in [1.807, 2.05) is 47.4 Å². The summed E-state index contributed by atoms with van der Waals surface area (Å²) < 4.78 is 10.9. The van der Waals surface area contributed by atoms with Crippen molar-refractivity contribution >= 4 is 17.5 Å². The number of ether oxygens (including phenoxy) is 2. The smallest absolute Gasteiger partial charge is 0.231 e. The number of rotatable bonds is 2. The van der Waals surface area contributed by atoms with Crippen LogP contribution >= 0.6 is 0 Å². The van der Waals surface area contributed by atoms with Crippen molar-refractivity contribution in [3.63, 3.8) is 0 Å². The fraction of sp³-hybridized carbons (Fsp3) is 0.261. The van der Waals surface area contributed by atoms with Crippen molar-refractivity contribution in [1.29, 1.82) is 10.5 Å². The molecule has 0 amide bonds. The Morgan fingerprint density at radius 3 is 2.66 bits per heavy atom. The summed E-state index contributed by atoms with van der Waals surface area (Å²) >= 11 is 0. The van der Waals surface area contributed by atoms with E-state index in [1.54, 1.807) is 12.1 Å². The summed E-state index contributed by atoms with van der Waals surface area (Å²) in [5.41, 5.74) is 1.12. The largest absolute Gasteiger partial charge is 0.454 e. The van der Waals surface area contributed by atoms with Gasteiger partial charge < -0.3 is 14.4 Å². The Morgan fingerprint density at radius 2 is 1.90 bits per heavy atom. The van der Waals surface area contributed by atoms with E-state index in [0.717, 1.165) is 16.8 Å². The highest BCUT2D eigenvalue weighted by atomic mass is 16.7. The maximum Gasteiger partial charge on any atom is 0.231 e. The van der Waals surface area contributed by atoms with Crippen LogP contribution in [0.2, 0.25) is 0 Å². The molecule has 2 aromatic rings. The van der Waals surface area contributed by atoms with Gasteiger partial charge in [-0.2, -0.15) is 10.5 Å². The van der Waals surface area contributed by atoms with Gasteiger partial charge in [-0.05, 0) is 36.2 Å². The number of carbonyl (C=O) groups is 1. The van der Waals surface area contributed by atoms with Gasteiger partial charge in [0.05, 0.1) is 24.2 Å². The standard InChI is InChI=1S/C23H17N3O3/c1-14(27)22-21(16-6-8-18-19(10-16)29-13-28-18)23(11-24,12-25)20-9-7-15-4-2-3-5-17(15)26(20)22/h2-10,20-22H,13H2,1H3/t20-,21+,22+/m1/s1. The third kappa shape index (κ3) is 2.23. The molecule has 0 spiro atoms. The van der Waals surface area contributed by atoms with Gasteiger partial charge in [0, 0.05) is 11.6 Å². The molecule has 5 rings (SSSR count). The second-order valence-corrected chi connectivity index (χ2v) is 7.51. The van der Waals surface area contributed by atoms with Gasteiger partial charge in [0.1, 0.15) is 0 Å². The van der Waals surface area contributed by atoms with Gasteiger partial charge >= 0.3 is 0 Å². The highest BCUT2D eigenvalue weighted by Gasteiger charge is 2.62. The summed E-state index contributed by atoms with van der Waals surface area (Å²) in [5, 5.41) is 20.5. The van der Waals surface area contributed by atoms with Crippen LogP contribution in [0.1, 0.15) is 24.0 Å². The second-order valence-electron chi connectivity index (χ2n) is 7.51. The number of benzene rings is 2. The number of carbonyl (C=O) groups excluding carboxylic acids is 1. The highest BCUT2D eigenvalue weighted by Crippen LogP contribution is 2.55. The van der Waals surface area contributed by atoms with Crippen LogP contribution in [0.5, 0.6) is 11.5 Å². The minimum absolute atomic E-state index is 0.0878. The number of ketones is 1. The molecule has 3 aliphatic rings. The van der Waals surface area contributed by atoms with E-state index in [0.29, 0.717) is 11.5 Å². The van der Waals surface area contributed by atoms with Gasteiger partial charge in [0.25, 0.3) is 0 Å². The van der Waals surface area contributed by atoms with E-state index in [4.69, 9.17) is 9.47 Å². The lowest BCUT2D eigenvalue weighted by Crippen LogP contribution is -2.43.